The average molecular weight is 223 g/mol. The Hall–Kier alpha value is -1.75. The number of hydrogen-bond donors (Lipinski definition) is 4. The molecule has 0 aliphatic rings. The fourth-order valence-electron chi connectivity index (χ4n) is 1.23. The number of nitrogens with two attached hydrogens (primary N) is 2. The molecule has 0 bridgehead atoms. The summed E-state index contributed by atoms with van der Waals surface area (Å²) in [5.41, 5.74) is 11.8. The Labute approximate surface area is 94.4 Å². The molecule has 1 amide bonds. The van der Waals surface area contributed by atoms with Crippen LogP contribution >= 0.6 is 0 Å². The molecule has 0 saturated carbocycles. The summed E-state index contributed by atoms with van der Waals surface area (Å²) in [5.74, 6) is -0.307. The number of carbonyl (C=O) groups is 1. The van der Waals surface area contributed by atoms with E-state index in [1.807, 2.05) is 0 Å². The highest BCUT2D eigenvalue weighted by molar-refractivity contribution is 5.96. The Kier molecular flexibility index (Phi) is 3.39. The second kappa shape index (κ2) is 4.40. The molecule has 0 saturated heterocycles. The topological polar surface area (TPSA) is 101 Å². The van der Waals surface area contributed by atoms with Crippen LogP contribution in [0, 0.1) is 0 Å². The number of aliphatic hydroxyl groups excluding tert-OH is 1. The van der Waals surface area contributed by atoms with Gasteiger partial charge in [0.15, 0.2) is 0 Å². The van der Waals surface area contributed by atoms with Gasteiger partial charge in [-0.15, -0.1) is 0 Å². The lowest BCUT2D eigenvalue weighted by molar-refractivity contribution is 0.0869. The zero-order valence-electron chi connectivity index (χ0n) is 9.45. The maximum absolute atomic E-state index is 11.8. The highest BCUT2D eigenvalue weighted by atomic mass is 16.3. The molecular weight excluding hydrogens is 206 g/mol. The summed E-state index contributed by atoms with van der Waals surface area (Å²) in [4.78, 5) is 11.8. The lowest BCUT2D eigenvalue weighted by Gasteiger charge is -2.23. The van der Waals surface area contributed by atoms with Crippen molar-refractivity contribution in [3.05, 3.63) is 23.8 Å². The molecule has 0 aromatic heterocycles. The van der Waals surface area contributed by atoms with Gasteiger partial charge in [0.05, 0.1) is 12.1 Å². The summed E-state index contributed by atoms with van der Waals surface area (Å²) in [7, 11) is 0. The number of benzene rings is 1. The van der Waals surface area contributed by atoms with Gasteiger partial charge >= 0.3 is 0 Å². The lowest BCUT2D eigenvalue weighted by atomic mass is 10.1. The van der Waals surface area contributed by atoms with Crippen LogP contribution in [0.3, 0.4) is 0 Å². The van der Waals surface area contributed by atoms with Crippen LogP contribution in [-0.4, -0.2) is 23.2 Å². The monoisotopic (exact) mass is 223 g/mol. The standard InChI is InChI=1S/C11H17N3O2/c1-11(2,6-15)14-10(16)7-3-8(12)5-9(13)4-7/h3-5,15H,6,12-13H2,1-2H3,(H,14,16). The van der Waals surface area contributed by atoms with Crippen molar-refractivity contribution >= 4 is 17.3 Å². The fourth-order valence-corrected chi connectivity index (χ4v) is 1.23. The first kappa shape index (κ1) is 12.3. The van der Waals surface area contributed by atoms with Gasteiger partial charge in [-0.25, -0.2) is 0 Å². The van der Waals surface area contributed by atoms with Crippen molar-refractivity contribution < 1.29 is 9.90 Å². The average Bonchev–Trinajstić information content (AvgIpc) is 2.15. The molecule has 0 unspecified atom stereocenters. The molecule has 5 heteroatoms. The SMILES string of the molecule is CC(C)(CO)NC(=O)c1cc(N)cc(N)c1. The van der Waals surface area contributed by atoms with E-state index in [1.165, 1.54) is 0 Å². The summed E-state index contributed by atoms with van der Waals surface area (Å²) in [6.07, 6.45) is 0. The zero-order valence-corrected chi connectivity index (χ0v) is 9.45. The van der Waals surface area contributed by atoms with Crippen LogP contribution in [0.25, 0.3) is 0 Å². The van der Waals surface area contributed by atoms with E-state index in [2.05, 4.69) is 5.32 Å². The minimum absolute atomic E-state index is 0.142. The number of amides is 1. The molecule has 16 heavy (non-hydrogen) atoms. The first-order valence-corrected chi connectivity index (χ1v) is 4.93. The van der Waals surface area contributed by atoms with Crippen LogP contribution < -0.4 is 16.8 Å². The molecule has 0 spiro atoms. The third kappa shape index (κ3) is 3.13. The summed E-state index contributed by atoms with van der Waals surface area (Å²) >= 11 is 0. The highest BCUT2D eigenvalue weighted by Gasteiger charge is 2.20. The van der Waals surface area contributed by atoms with Gasteiger partial charge in [-0.3, -0.25) is 4.79 Å². The van der Waals surface area contributed by atoms with Crippen LogP contribution in [0.4, 0.5) is 11.4 Å². The van der Waals surface area contributed by atoms with Gasteiger partial charge in [-0.2, -0.15) is 0 Å². The van der Waals surface area contributed by atoms with Crippen LogP contribution in [0.5, 0.6) is 0 Å². The zero-order chi connectivity index (χ0) is 12.3. The normalized spacial score (nSPS) is 11.2. The van der Waals surface area contributed by atoms with E-state index >= 15 is 0 Å². The number of aliphatic hydroxyl groups is 1. The van der Waals surface area contributed by atoms with Crippen molar-refractivity contribution in [2.24, 2.45) is 0 Å². The van der Waals surface area contributed by atoms with Gasteiger partial charge in [0, 0.05) is 16.9 Å². The third-order valence-electron chi connectivity index (χ3n) is 2.09. The van der Waals surface area contributed by atoms with Crippen LogP contribution in [0.1, 0.15) is 24.2 Å². The second-order valence-corrected chi connectivity index (χ2v) is 4.38. The van der Waals surface area contributed by atoms with Gasteiger partial charge in [-0.05, 0) is 32.0 Å². The minimum atomic E-state index is -0.670. The molecule has 0 heterocycles. The Balaban J connectivity index is 2.89. The van der Waals surface area contributed by atoms with Crippen molar-refractivity contribution in [1.82, 2.24) is 5.32 Å². The van der Waals surface area contributed by atoms with Crippen molar-refractivity contribution in [2.45, 2.75) is 19.4 Å². The maximum atomic E-state index is 11.8. The Morgan fingerprint density at radius 2 is 1.81 bits per heavy atom. The summed E-state index contributed by atoms with van der Waals surface area (Å²) in [6, 6.07) is 4.66. The van der Waals surface area contributed by atoms with Gasteiger partial charge in [0.1, 0.15) is 0 Å². The van der Waals surface area contributed by atoms with E-state index in [-0.39, 0.29) is 12.5 Å². The van der Waals surface area contributed by atoms with Crippen LogP contribution in [0.15, 0.2) is 18.2 Å². The number of rotatable bonds is 3. The number of nitrogens with one attached hydrogen (secondary N) is 1. The first-order valence-electron chi connectivity index (χ1n) is 4.93. The molecule has 0 radical (unpaired) electrons. The van der Waals surface area contributed by atoms with Crippen molar-refractivity contribution in [1.29, 1.82) is 0 Å². The van der Waals surface area contributed by atoms with E-state index in [0.717, 1.165) is 0 Å². The Bertz CT molecular complexity index is 382. The molecule has 88 valence electrons. The molecule has 0 atom stereocenters. The molecule has 1 rings (SSSR count). The molecule has 0 aliphatic carbocycles. The number of carbonyl (C=O) groups excluding carboxylic acids is 1. The first-order chi connectivity index (χ1) is 7.34. The smallest absolute Gasteiger partial charge is 0.251 e. The number of nitrogen functional groups attached to an aromatic ring is 2. The van der Waals surface area contributed by atoms with Gasteiger partial charge in [0.25, 0.3) is 5.91 Å². The molecule has 6 N–H and O–H groups in total. The van der Waals surface area contributed by atoms with Gasteiger partial charge < -0.3 is 21.9 Å². The maximum Gasteiger partial charge on any atom is 0.251 e. The van der Waals surface area contributed by atoms with Crippen molar-refractivity contribution in [3.63, 3.8) is 0 Å². The number of anilines is 2. The summed E-state index contributed by atoms with van der Waals surface area (Å²) in [5, 5.41) is 11.7. The van der Waals surface area contributed by atoms with Crippen LogP contribution in [0.2, 0.25) is 0 Å². The quantitative estimate of drug-likeness (QED) is 0.555. The summed E-state index contributed by atoms with van der Waals surface area (Å²) < 4.78 is 0. The van der Waals surface area contributed by atoms with Gasteiger partial charge in [-0.1, -0.05) is 0 Å². The third-order valence-corrected chi connectivity index (χ3v) is 2.09. The Morgan fingerprint density at radius 1 is 1.31 bits per heavy atom. The lowest BCUT2D eigenvalue weighted by Crippen LogP contribution is -2.46. The van der Waals surface area contributed by atoms with E-state index in [1.54, 1.807) is 32.0 Å². The van der Waals surface area contributed by atoms with Gasteiger partial charge in [0.2, 0.25) is 0 Å². The largest absolute Gasteiger partial charge is 0.399 e. The molecule has 1 aromatic carbocycles. The Morgan fingerprint density at radius 3 is 2.25 bits per heavy atom. The molecule has 0 fully saturated rings. The van der Waals surface area contributed by atoms with E-state index < -0.39 is 5.54 Å². The van der Waals surface area contributed by atoms with Crippen LogP contribution in [-0.2, 0) is 0 Å². The highest BCUT2D eigenvalue weighted by Crippen LogP contribution is 2.14. The predicted molar refractivity (Wildman–Crippen MR) is 63.9 cm³/mol. The van der Waals surface area contributed by atoms with E-state index in [4.69, 9.17) is 16.6 Å². The predicted octanol–water partition coefficient (Wildman–Crippen LogP) is 0.352. The fraction of sp³-hybridized carbons (Fsp3) is 0.364. The van der Waals surface area contributed by atoms with E-state index in [0.29, 0.717) is 16.9 Å². The van der Waals surface area contributed by atoms with Crippen molar-refractivity contribution in [2.75, 3.05) is 18.1 Å². The molecule has 5 nitrogen and oxygen atoms in total. The summed E-state index contributed by atoms with van der Waals surface area (Å²) in [6.45, 7) is 3.30. The second-order valence-electron chi connectivity index (χ2n) is 4.38. The van der Waals surface area contributed by atoms with Crippen molar-refractivity contribution in [3.8, 4) is 0 Å². The molecule has 0 aliphatic heterocycles. The minimum Gasteiger partial charge on any atom is -0.399 e. The van der Waals surface area contributed by atoms with E-state index in [9.17, 15) is 4.79 Å². The number of hydrogen-bond acceptors (Lipinski definition) is 4. The molecule has 1 aromatic rings. The molecular formula is C11H17N3O2.